The van der Waals surface area contributed by atoms with Gasteiger partial charge in [-0.05, 0) is 13.0 Å². The van der Waals surface area contributed by atoms with E-state index < -0.39 is 0 Å². The highest BCUT2D eigenvalue weighted by Crippen LogP contribution is 2.18. The van der Waals surface area contributed by atoms with Crippen LogP contribution in [0.2, 0.25) is 0 Å². The summed E-state index contributed by atoms with van der Waals surface area (Å²) >= 11 is 1.26. The zero-order valence-corrected chi connectivity index (χ0v) is 11.0. The Hall–Kier alpha value is -1.95. The summed E-state index contributed by atoms with van der Waals surface area (Å²) in [5.41, 5.74) is 5.71. The molecule has 0 fully saturated rings. The second-order valence-corrected chi connectivity index (χ2v) is 4.43. The van der Waals surface area contributed by atoms with E-state index in [9.17, 15) is 4.79 Å². The molecule has 0 atom stereocenters. The number of pyridine rings is 1. The number of hydrogen-bond acceptors (Lipinski definition) is 5. The molecular weight excluding hydrogens is 250 g/mol. The molecule has 0 aromatic carbocycles. The summed E-state index contributed by atoms with van der Waals surface area (Å²) in [4.78, 5) is 16.3. The maximum Gasteiger partial charge on any atom is 0.352 e. The molecular formula is C12H14N3O2S+. The number of carbonyl (C=O) groups is 1. The van der Waals surface area contributed by atoms with E-state index in [1.807, 2.05) is 31.3 Å². The van der Waals surface area contributed by atoms with Crippen LogP contribution in [0.5, 0.6) is 0 Å². The molecule has 0 aliphatic heterocycles. The van der Waals surface area contributed by atoms with Crippen LogP contribution >= 0.6 is 11.3 Å². The van der Waals surface area contributed by atoms with E-state index in [0.29, 0.717) is 17.3 Å². The molecule has 2 heterocycles. The molecule has 0 saturated heterocycles. The van der Waals surface area contributed by atoms with Gasteiger partial charge in [0.1, 0.15) is 0 Å². The number of nitrogens with zero attached hydrogens (tertiary/aromatic N) is 2. The van der Waals surface area contributed by atoms with Gasteiger partial charge in [-0.2, -0.15) is 0 Å². The molecule has 0 aliphatic rings. The SMILES string of the molecule is CCOC(=O)c1scnc1N[n+]1ccccc1C. The number of anilines is 1. The molecule has 5 nitrogen and oxygen atoms in total. The van der Waals surface area contributed by atoms with Crippen molar-refractivity contribution in [3.8, 4) is 0 Å². The molecule has 0 aliphatic carbocycles. The van der Waals surface area contributed by atoms with Gasteiger partial charge in [0.05, 0.1) is 12.1 Å². The number of aryl methyl sites for hydroxylation is 1. The number of aromatic nitrogens is 2. The predicted octanol–water partition coefficient (Wildman–Crippen LogP) is 1.79. The molecule has 0 amide bonds. The van der Waals surface area contributed by atoms with Crippen LogP contribution in [-0.4, -0.2) is 17.6 Å². The zero-order chi connectivity index (χ0) is 13.0. The molecule has 94 valence electrons. The van der Waals surface area contributed by atoms with Gasteiger partial charge in [-0.25, -0.2) is 9.78 Å². The quantitative estimate of drug-likeness (QED) is 0.675. The molecule has 2 rings (SSSR count). The molecule has 2 aromatic heterocycles. The van der Waals surface area contributed by atoms with Gasteiger partial charge in [0.15, 0.2) is 11.1 Å². The highest BCUT2D eigenvalue weighted by Gasteiger charge is 2.19. The van der Waals surface area contributed by atoms with Gasteiger partial charge in [-0.3, -0.25) is 0 Å². The Kier molecular flexibility index (Phi) is 3.88. The van der Waals surface area contributed by atoms with Crippen molar-refractivity contribution < 1.29 is 14.2 Å². The Bertz CT molecular complexity index is 554. The summed E-state index contributed by atoms with van der Waals surface area (Å²) in [6.45, 7) is 4.10. The summed E-state index contributed by atoms with van der Waals surface area (Å²) in [6.07, 6.45) is 1.86. The van der Waals surface area contributed by atoms with Crippen molar-refractivity contribution in [3.05, 3.63) is 40.5 Å². The lowest BCUT2D eigenvalue weighted by Gasteiger charge is -2.02. The summed E-state index contributed by atoms with van der Waals surface area (Å²) in [5, 5.41) is 0. The third-order valence-electron chi connectivity index (χ3n) is 2.32. The Morgan fingerprint density at radius 1 is 1.56 bits per heavy atom. The second kappa shape index (κ2) is 5.59. The van der Waals surface area contributed by atoms with Crippen LogP contribution in [0.25, 0.3) is 0 Å². The van der Waals surface area contributed by atoms with Gasteiger partial charge in [0.25, 0.3) is 0 Å². The largest absolute Gasteiger partial charge is 0.462 e. The van der Waals surface area contributed by atoms with E-state index in [0.717, 1.165) is 5.69 Å². The second-order valence-electron chi connectivity index (χ2n) is 3.57. The fraction of sp³-hybridized carbons (Fsp3) is 0.250. The van der Waals surface area contributed by atoms with E-state index in [2.05, 4.69) is 10.4 Å². The minimum absolute atomic E-state index is 0.350. The maximum absolute atomic E-state index is 11.7. The first kappa shape index (κ1) is 12.5. The third-order valence-corrected chi connectivity index (χ3v) is 3.12. The molecule has 0 spiro atoms. The molecule has 0 saturated carbocycles. The molecule has 0 radical (unpaired) electrons. The van der Waals surface area contributed by atoms with E-state index >= 15 is 0 Å². The fourth-order valence-corrected chi connectivity index (χ4v) is 2.06. The van der Waals surface area contributed by atoms with Crippen molar-refractivity contribution in [3.63, 3.8) is 0 Å². The Labute approximate surface area is 109 Å². The van der Waals surface area contributed by atoms with E-state index in [4.69, 9.17) is 4.74 Å². The standard InChI is InChI=1S/C12H13N3O2S/c1-3-17-12(16)10-11(13-8-18-10)14-15-7-5-4-6-9(15)2/h4-8H,3H2,1-2H3/p+1. The summed E-state index contributed by atoms with van der Waals surface area (Å²) in [6, 6.07) is 5.81. The Balaban J connectivity index is 2.23. The Morgan fingerprint density at radius 2 is 2.39 bits per heavy atom. The van der Waals surface area contributed by atoms with Crippen LogP contribution in [-0.2, 0) is 4.74 Å². The number of nitrogens with one attached hydrogen (secondary N) is 1. The highest BCUT2D eigenvalue weighted by atomic mass is 32.1. The maximum atomic E-state index is 11.7. The molecule has 1 N–H and O–H groups in total. The fourth-order valence-electron chi connectivity index (χ4n) is 1.44. The van der Waals surface area contributed by atoms with E-state index in [-0.39, 0.29) is 5.97 Å². The minimum Gasteiger partial charge on any atom is -0.462 e. The third kappa shape index (κ3) is 2.65. The van der Waals surface area contributed by atoms with Gasteiger partial charge in [-0.1, -0.05) is 4.68 Å². The topological polar surface area (TPSA) is 55.1 Å². The molecule has 18 heavy (non-hydrogen) atoms. The van der Waals surface area contributed by atoms with E-state index in [1.54, 1.807) is 17.1 Å². The lowest BCUT2D eigenvalue weighted by Crippen LogP contribution is -2.45. The molecule has 0 bridgehead atoms. The van der Waals surface area contributed by atoms with Crippen LogP contribution in [0.1, 0.15) is 22.3 Å². The molecule has 6 heteroatoms. The summed E-state index contributed by atoms with van der Waals surface area (Å²) in [7, 11) is 0. The zero-order valence-electron chi connectivity index (χ0n) is 10.2. The first-order valence-electron chi connectivity index (χ1n) is 5.57. The minimum atomic E-state index is -0.350. The van der Waals surface area contributed by atoms with Crippen molar-refractivity contribution in [2.24, 2.45) is 0 Å². The lowest BCUT2D eigenvalue weighted by atomic mass is 10.4. The van der Waals surface area contributed by atoms with Crippen LogP contribution in [0.4, 0.5) is 5.82 Å². The number of hydrogen-bond donors (Lipinski definition) is 1. The number of thiazole rings is 1. The summed E-state index contributed by atoms with van der Waals surface area (Å²) < 4.78 is 6.78. The van der Waals surface area contributed by atoms with Gasteiger partial charge in [0, 0.05) is 19.1 Å². The van der Waals surface area contributed by atoms with Crippen molar-refractivity contribution in [2.45, 2.75) is 13.8 Å². The van der Waals surface area contributed by atoms with Crippen molar-refractivity contribution >= 4 is 23.1 Å². The van der Waals surface area contributed by atoms with Gasteiger partial charge < -0.3 is 4.74 Å². The van der Waals surface area contributed by atoms with Crippen LogP contribution in [0, 0.1) is 6.92 Å². The number of esters is 1. The first-order valence-corrected chi connectivity index (χ1v) is 6.45. The number of rotatable bonds is 4. The van der Waals surface area contributed by atoms with Crippen LogP contribution < -0.4 is 10.1 Å². The van der Waals surface area contributed by atoms with Crippen molar-refractivity contribution in [1.82, 2.24) is 4.98 Å². The normalized spacial score (nSPS) is 10.1. The van der Waals surface area contributed by atoms with E-state index in [1.165, 1.54) is 11.3 Å². The average molecular weight is 264 g/mol. The first-order chi connectivity index (χ1) is 8.72. The monoisotopic (exact) mass is 264 g/mol. The Morgan fingerprint density at radius 3 is 3.11 bits per heavy atom. The average Bonchev–Trinajstić information content (AvgIpc) is 2.81. The highest BCUT2D eigenvalue weighted by molar-refractivity contribution is 7.12. The van der Waals surface area contributed by atoms with Crippen molar-refractivity contribution in [1.29, 1.82) is 0 Å². The number of ether oxygens (including phenoxy) is 1. The van der Waals surface area contributed by atoms with Gasteiger partial charge in [0.2, 0.25) is 11.5 Å². The molecule has 0 unspecified atom stereocenters. The predicted molar refractivity (Wildman–Crippen MR) is 68.5 cm³/mol. The van der Waals surface area contributed by atoms with Gasteiger partial charge >= 0.3 is 5.97 Å². The lowest BCUT2D eigenvalue weighted by molar-refractivity contribution is -0.649. The van der Waals surface area contributed by atoms with Crippen LogP contribution in [0.3, 0.4) is 0 Å². The van der Waals surface area contributed by atoms with Gasteiger partial charge in [-0.15, -0.1) is 16.8 Å². The van der Waals surface area contributed by atoms with Crippen molar-refractivity contribution in [2.75, 3.05) is 12.0 Å². The van der Waals surface area contributed by atoms with Crippen LogP contribution in [0.15, 0.2) is 29.9 Å². The molecule has 2 aromatic rings. The number of carbonyl (C=O) groups excluding carboxylic acids is 1. The summed E-state index contributed by atoms with van der Waals surface area (Å²) in [5.74, 6) is 0.162. The smallest absolute Gasteiger partial charge is 0.352 e.